The Bertz CT molecular complexity index is 658. The first-order chi connectivity index (χ1) is 8.74. The number of halogens is 2. The van der Waals surface area contributed by atoms with E-state index in [1.165, 1.54) is 0 Å². The summed E-state index contributed by atoms with van der Waals surface area (Å²) in [7, 11) is 0. The third kappa shape index (κ3) is 2.11. The molecule has 0 amide bonds. The van der Waals surface area contributed by atoms with Crippen LogP contribution >= 0.6 is 31.9 Å². The molecule has 0 fully saturated rings. The van der Waals surface area contributed by atoms with Gasteiger partial charge < -0.3 is 9.51 Å². The van der Waals surface area contributed by atoms with E-state index in [2.05, 4.69) is 52.0 Å². The first kappa shape index (κ1) is 11.6. The minimum atomic E-state index is 0.417. The summed E-state index contributed by atoms with van der Waals surface area (Å²) in [6.45, 7) is 0. The van der Waals surface area contributed by atoms with Crippen molar-refractivity contribution in [1.29, 1.82) is 0 Å². The van der Waals surface area contributed by atoms with Crippen molar-refractivity contribution in [1.82, 2.24) is 20.1 Å². The van der Waals surface area contributed by atoms with Crippen molar-refractivity contribution in [3.8, 4) is 23.1 Å². The van der Waals surface area contributed by atoms with Crippen LogP contribution in [0.2, 0.25) is 0 Å². The molecule has 0 spiro atoms. The number of hydrogen-bond donors (Lipinski definition) is 1. The summed E-state index contributed by atoms with van der Waals surface area (Å²) in [5, 5.41) is 3.90. The zero-order valence-electron chi connectivity index (χ0n) is 8.89. The Labute approximate surface area is 119 Å². The molecule has 2 heterocycles. The molecule has 7 heteroatoms. The summed E-state index contributed by atoms with van der Waals surface area (Å²) in [6, 6.07) is 9.58. The largest absolute Gasteiger partial charge is 0.334 e. The van der Waals surface area contributed by atoms with Gasteiger partial charge in [-0.1, -0.05) is 23.4 Å². The highest BCUT2D eigenvalue weighted by atomic mass is 79.9. The second kappa shape index (κ2) is 4.66. The van der Waals surface area contributed by atoms with E-state index in [1.54, 1.807) is 0 Å². The highest BCUT2D eigenvalue weighted by molar-refractivity contribution is 9.13. The molecule has 2 aromatic heterocycles. The number of H-pyrrole nitrogens is 1. The molecule has 0 aliphatic rings. The summed E-state index contributed by atoms with van der Waals surface area (Å²) >= 11 is 6.60. The van der Waals surface area contributed by atoms with E-state index in [1.807, 2.05) is 30.3 Å². The Kier molecular flexibility index (Phi) is 3.00. The molecular formula is C11H6Br2N4O. The zero-order chi connectivity index (χ0) is 12.5. The number of nitrogens with zero attached hydrogens (tertiary/aromatic N) is 3. The van der Waals surface area contributed by atoms with E-state index in [0.29, 0.717) is 22.1 Å². The van der Waals surface area contributed by atoms with Crippen molar-refractivity contribution < 1.29 is 4.52 Å². The third-order valence-electron chi connectivity index (χ3n) is 2.28. The average Bonchev–Trinajstić information content (AvgIpc) is 2.99. The van der Waals surface area contributed by atoms with Crippen LogP contribution in [0.1, 0.15) is 0 Å². The summed E-state index contributed by atoms with van der Waals surface area (Å²) in [6.07, 6.45) is 0. The molecule has 3 aromatic rings. The molecule has 0 saturated heterocycles. The molecule has 0 aliphatic heterocycles. The quantitative estimate of drug-likeness (QED) is 0.748. The molecule has 1 N–H and O–H groups in total. The Morgan fingerprint density at radius 1 is 1.06 bits per heavy atom. The lowest BCUT2D eigenvalue weighted by Gasteiger charge is -1.90. The number of aromatic amines is 1. The van der Waals surface area contributed by atoms with E-state index in [4.69, 9.17) is 4.52 Å². The zero-order valence-corrected chi connectivity index (χ0v) is 12.1. The maximum atomic E-state index is 5.20. The highest BCUT2D eigenvalue weighted by Gasteiger charge is 2.14. The van der Waals surface area contributed by atoms with Crippen LogP contribution < -0.4 is 0 Å². The fraction of sp³-hybridized carbons (Fsp3) is 0. The van der Waals surface area contributed by atoms with Gasteiger partial charge in [-0.3, -0.25) is 0 Å². The maximum absolute atomic E-state index is 5.20. The molecule has 5 nitrogen and oxygen atoms in total. The van der Waals surface area contributed by atoms with E-state index < -0.39 is 0 Å². The molecule has 1 aromatic carbocycles. The van der Waals surface area contributed by atoms with Crippen molar-refractivity contribution in [3.05, 3.63) is 39.5 Å². The van der Waals surface area contributed by atoms with Crippen molar-refractivity contribution in [2.24, 2.45) is 0 Å². The minimum Gasteiger partial charge on any atom is -0.334 e. The SMILES string of the molecule is Brc1nc(-c2noc(-c3ccccc3)n2)[nH]c1Br. The Morgan fingerprint density at radius 2 is 1.83 bits per heavy atom. The molecule has 0 atom stereocenters. The van der Waals surface area contributed by atoms with Gasteiger partial charge in [0.25, 0.3) is 5.89 Å². The molecule has 3 rings (SSSR count). The second-order valence-corrected chi connectivity index (χ2v) is 5.02. The first-order valence-electron chi connectivity index (χ1n) is 5.04. The smallest absolute Gasteiger partial charge is 0.258 e. The molecule has 0 unspecified atom stereocenters. The Morgan fingerprint density at radius 3 is 2.50 bits per heavy atom. The van der Waals surface area contributed by atoms with E-state index >= 15 is 0 Å². The summed E-state index contributed by atoms with van der Waals surface area (Å²) in [5.74, 6) is 1.43. The molecule has 0 bridgehead atoms. The second-order valence-electron chi connectivity index (χ2n) is 3.48. The fourth-order valence-corrected chi connectivity index (χ4v) is 2.01. The Balaban J connectivity index is 1.99. The number of imidazole rings is 1. The van der Waals surface area contributed by atoms with Gasteiger partial charge in [0.2, 0.25) is 5.82 Å². The monoisotopic (exact) mass is 368 g/mol. The van der Waals surface area contributed by atoms with Gasteiger partial charge in [-0.15, -0.1) is 0 Å². The predicted octanol–water partition coefficient (Wildman–Crippen LogP) is 3.65. The lowest BCUT2D eigenvalue weighted by molar-refractivity contribution is 0.432. The van der Waals surface area contributed by atoms with E-state index in [9.17, 15) is 0 Å². The van der Waals surface area contributed by atoms with Crippen LogP contribution in [0.4, 0.5) is 0 Å². The van der Waals surface area contributed by atoms with Gasteiger partial charge in [0, 0.05) is 5.56 Å². The highest BCUT2D eigenvalue weighted by Crippen LogP contribution is 2.25. The van der Waals surface area contributed by atoms with Crippen LogP contribution in [0.5, 0.6) is 0 Å². The summed E-state index contributed by atoms with van der Waals surface area (Å²) in [4.78, 5) is 11.5. The standard InChI is InChI=1S/C11H6Br2N4O/c12-7-8(13)15-9(14-7)10-16-11(18-17-10)6-4-2-1-3-5-6/h1-5H,(H,14,15). The molecule has 0 aliphatic carbocycles. The van der Waals surface area contributed by atoms with Crippen LogP contribution in [0.15, 0.2) is 44.1 Å². The van der Waals surface area contributed by atoms with Gasteiger partial charge in [-0.2, -0.15) is 4.98 Å². The maximum Gasteiger partial charge on any atom is 0.258 e. The van der Waals surface area contributed by atoms with Gasteiger partial charge in [-0.05, 0) is 44.0 Å². The Hall–Kier alpha value is -1.47. The van der Waals surface area contributed by atoms with Crippen LogP contribution in [0, 0.1) is 0 Å². The summed E-state index contributed by atoms with van der Waals surface area (Å²) < 4.78 is 6.61. The number of hydrogen-bond acceptors (Lipinski definition) is 4. The summed E-state index contributed by atoms with van der Waals surface area (Å²) in [5.41, 5.74) is 0.876. The van der Waals surface area contributed by atoms with Crippen LogP contribution in [-0.2, 0) is 0 Å². The minimum absolute atomic E-state index is 0.417. The lowest BCUT2D eigenvalue weighted by atomic mass is 10.2. The number of nitrogens with one attached hydrogen (secondary N) is 1. The van der Waals surface area contributed by atoms with Crippen LogP contribution in [0.25, 0.3) is 23.1 Å². The van der Waals surface area contributed by atoms with E-state index in [-0.39, 0.29) is 0 Å². The average molecular weight is 370 g/mol. The van der Waals surface area contributed by atoms with Crippen molar-refractivity contribution in [2.75, 3.05) is 0 Å². The van der Waals surface area contributed by atoms with Crippen molar-refractivity contribution >= 4 is 31.9 Å². The lowest BCUT2D eigenvalue weighted by Crippen LogP contribution is -1.83. The van der Waals surface area contributed by atoms with Gasteiger partial charge in [0.05, 0.1) is 0 Å². The van der Waals surface area contributed by atoms with Crippen molar-refractivity contribution in [3.63, 3.8) is 0 Å². The van der Waals surface area contributed by atoms with Gasteiger partial charge in [-0.25, -0.2) is 4.98 Å². The number of rotatable bonds is 2. The molecular weight excluding hydrogens is 364 g/mol. The van der Waals surface area contributed by atoms with Gasteiger partial charge in [0.1, 0.15) is 9.21 Å². The molecule has 90 valence electrons. The van der Waals surface area contributed by atoms with E-state index in [0.717, 1.165) is 10.2 Å². The van der Waals surface area contributed by atoms with Gasteiger partial charge >= 0.3 is 0 Å². The predicted molar refractivity (Wildman–Crippen MR) is 72.7 cm³/mol. The van der Waals surface area contributed by atoms with Gasteiger partial charge in [0.15, 0.2) is 5.82 Å². The number of aromatic nitrogens is 4. The normalized spacial score (nSPS) is 10.8. The van der Waals surface area contributed by atoms with Crippen LogP contribution in [-0.4, -0.2) is 20.1 Å². The van der Waals surface area contributed by atoms with Crippen LogP contribution in [0.3, 0.4) is 0 Å². The topological polar surface area (TPSA) is 67.6 Å². The van der Waals surface area contributed by atoms with Crippen molar-refractivity contribution in [2.45, 2.75) is 0 Å². The molecule has 0 radical (unpaired) electrons. The fourth-order valence-electron chi connectivity index (χ4n) is 1.45. The molecule has 18 heavy (non-hydrogen) atoms. The third-order valence-corrected chi connectivity index (χ3v) is 3.96. The molecule has 0 saturated carbocycles. The first-order valence-corrected chi connectivity index (χ1v) is 6.63. The number of benzene rings is 1.